The molecule has 2 aromatic rings. The normalized spacial score (nSPS) is 22.1. The summed E-state index contributed by atoms with van der Waals surface area (Å²) >= 11 is 0. The number of aryl methyl sites for hydroxylation is 2. The molecule has 1 aromatic heterocycles. The fourth-order valence-corrected chi connectivity index (χ4v) is 4.99. The second kappa shape index (κ2) is 8.51. The van der Waals surface area contributed by atoms with Crippen LogP contribution in [0.4, 0.5) is 0 Å². The third-order valence-corrected chi connectivity index (χ3v) is 6.67. The van der Waals surface area contributed by atoms with Gasteiger partial charge in [0.25, 0.3) is 5.91 Å². The smallest absolute Gasteiger partial charge is 0.272 e. The van der Waals surface area contributed by atoms with Gasteiger partial charge in [0.2, 0.25) is 6.79 Å². The number of likely N-dealkylation sites (tertiary alicyclic amines) is 1. The summed E-state index contributed by atoms with van der Waals surface area (Å²) in [5, 5.41) is 4.34. The molecule has 5 rings (SSSR count). The van der Waals surface area contributed by atoms with Crippen molar-refractivity contribution in [2.75, 3.05) is 46.1 Å². The number of carbonyl (C=O) groups is 1. The second-order valence-corrected chi connectivity index (χ2v) is 8.84. The maximum atomic E-state index is 13.0. The molecule has 3 aliphatic rings. The third kappa shape index (κ3) is 4.27. The summed E-state index contributed by atoms with van der Waals surface area (Å²) in [4.78, 5) is 20.1. The van der Waals surface area contributed by atoms with Crippen LogP contribution in [0, 0.1) is 6.92 Å². The Kier molecular flexibility index (Phi) is 5.58. The van der Waals surface area contributed by atoms with E-state index < -0.39 is 0 Å². The van der Waals surface area contributed by atoms with Crippen molar-refractivity contribution >= 4 is 5.91 Å². The fraction of sp³-hybridized carbons (Fsp3) is 0.565. The van der Waals surface area contributed by atoms with Crippen LogP contribution in [0.25, 0.3) is 0 Å². The van der Waals surface area contributed by atoms with Gasteiger partial charge >= 0.3 is 0 Å². The largest absolute Gasteiger partial charge is 0.454 e. The van der Waals surface area contributed by atoms with Crippen LogP contribution in [-0.2, 0) is 13.6 Å². The number of nitrogens with zero attached hydrogens (tertiary/aromatic N) is 5. The van der Waals surface area contributed by atoms with E-state index >= 15 is 0 Å². The molecule has 0 aliphatic carbocycles. The number of fused-ring (bicyclic) bond motifs is 1. The average Bonchev–Trinajstić information content (AvgIpc) is 3.39. The van der Waals surface area contributed by atoms with Crippen molar-refractivity contribution < 1.29 is 14.3 Å². The van der Waals surface area contributed by atoms with E-state index in [2.05, 4.69) is 27.0 Å². The average molecular weight is 426 g/mol. The molecule has 2 fully saturated rings. The summed E-state index contributed by atoms with van der Waals surface area (Å²) in [5.41, 5.74) is 2.84. The summed E-state index contributed by atoms with van der Waals surface area (Å²) < 4.78 is 12.6. The summed E-state index contributed by atoms with van der Waals surface area (Å²) in [6.45, 7) is 9.00. The molecule has 0 bridgehead atoms. The molecular weight excluding hydrogens is 394 g/mol. The highest BCUT2D eigenvalue weighted by Gasteiger charge is 2.31. The van der Waals surface area contributed by atoms with Crippen molar-refractivity contribution in [2.24, 2.45) is 7.05 Å². The quantitative estimate of drug-likeness (QED) is 0.746. The molecule has 3 aliphatic heterocycles. The van der Waals surface area contributed by atoms with Gasteiger partial charge in [0.15, 0.2) is 11.5 Å². The van der Waals surface area contributed by atoms with E-state index in [4.69, 9.17) is 9.47 Å². The van der Waals surface area contributed by atoms with E-state index in [1.807, 2.05) is 31.0 Å². The van der Waals surface area contributed by atoms with Gasteiger partial charge in [-0.05, 0) is 43.5 Å². The molecule has 2 saturated heterocycles. The molecule has 166 valence electrons. The maximum absolute atomic E-state index is 13.0. The Morgan fingerprint density at radius 2 is 1.90 bits per heavy atom. The monoisotopic (exact) mass is 425 g/mol. The van der Waals surface area contributed by atoms with Gasteiger partial charge in [-0.15, -0.1) is 0 Å². The molecular formula is C23H31N5O3. The van der Waals surface area contributed by atoms with Gasteiger partial charge in [-0.3, -0.25) is 19.3 Å². The van der Waals surface area contributed by atoms with Crippen molar-refractivity contribution in [3.63, 3.8) is 0 Å². The van der Waals surface area contributed by atoms with Gasteiger partial charge in [0.1, 0.15) is 5.69 Å². The Morgan fingerprint density at radius 1 is 1.10 bits per heavy atom. The molecule has 8 heteroatoms. The molecule has 0 spiro atoms. The predicted molar refractivity (Wildman–Crippen MR) is 116 cm³/mol. The lowest BCUT2D eigenvalue weighted by Gasteiger charge is -2.43. The van der Waals surface area contributed by atoms with Gasteiger partial charge in [0, 0.05) is 58.9 Å². The topological polar surface area (TPSA) is 63.1 Å². The number of piperidine rings is 1. The molecule has 1 unspecified atom stereocenters. The SMILES string of the molecule is Cc1cc(C(=O)N2CCCC(N3CCN(Cc4ccc5c(c4)OCO5)CC3)C2)n(C)n1. The summed E-state index contributed by atoms with van der Waals surface area (Å²) in [5.74, 6) is 1.80. The predicted octanol–water partition coefficient (Wildman–Crippen LogP) is 1.88. The highest BCUT2D eigenvalue weighted by Crippen LogP contribution is 2.33. The Balaban J connectivity index is 1.15. The number of piperazine rings is 1. The van der Waals surface area contributed by atoms with Gasteiger partial charge in [-0.1, -0.05) is 6.07 Å². The Bertz CT molecular complexity index is 951. The molecule has 1 amide bonds. The fourth-order valence-electron chi connectivity index (χ4n) is 4.99. The first-order valence-corrected chi connectivity index (χ1v) is 11.2. The number of carbonyl (C=O) groups excluding carboxylic acids is 1. The van der Waals surface area contributed by atoms with Crippen LogP contribution in [0.15, 0.2) is 24.3 Å². The highest BCUT2D eigenvalue weighted by atomic mass is 16.7. The Morgan fingerprint density at radius 3 is 2.68 bits per heavy atom. The molecule has 8 nitrogen and oxygen atoms in total. The van der Waals surface area contributed by atoms with Crippen molar-refractivity contribution in [3.8, 4) is 11.5 Å². The molecule has 1 atom stereocenters. The van der Waals surface area contributed by atoms with E-state index in [-0.39, 0.29) is 5.91 Å². The van der Waals surface area contributed by atoms with Crippen LogP contribution in [0.3, 0.4) is 0 Å². The summed E-state index contributed by atoms with van der Waals surface area (Å²) in [7, 11) is 1.85. The van der Waals surface area contributed by atoms with E-state index in [1.165, 1.54) is 5.56 Å². The van der Waals surface area contributed by atoms with Gasteiger partial charge < -0.3 is 14.4 Å². The second-order valence-electron chi connectivity index (χ2n) is 8.84. The zero-order valence-corrected chi connectivity index (χ0v) is 18.4. The van der Waals surface area contributed by atoms with Crippen LogP contribution in [0.1, 0.15) is 34.6 Å². The number of rotatable bonds is 4. The molecule has 0 N–H and O–H groups in total. The van der Waals surface area contributed by atoms with Gasteiger partial charge in [0.05, 0.1) is 5.69 Å². The van der Waals surface area contributed by atoms with Crippen molar-refractivity contribution in [3.05, 3.63) is 41.2 Å². The van der Waals surface area contributed by atoms with E-state index in [0.29, 0.717) is 18.5 Å². The highest BCUT2D eigenvalue weighted by molar-refractivity contribution is 5.92. The van der Waals surface area contributed by atoms with Crippen molar-refractivity contribution in [1.29, 1.82) is 0 Å². The van der Waals surface area contributed by atoms with Crippen LogP contribution < -0.4 is 9.47 Å². The maximum Gasteiger partial charge on any atom is 0.272 e. The number of ether oxygens (including phenoxy) is 2. The third-order valence-electron chi connectivity index (χ3n) is 6.67. The molecule has 0 radical (unpaired) electrons. The van der Waals surface area contributed by atoms with Crippen molar-refractivity contribution in [1.82, 2.24) is 24.5 Å². The molecule has 31 heavy (non-hydrogen) atoms. The lowest BCUT2D eigenvalue weighted by Crippen LogP contribution is -2.55. The number of amides is 1. The molecule has 4 heterocycles. The van der Waals surface area contributed by atoms with Crippen LogP contribution in [0.2, 0.25) is 0 Å². The number of benzene rings is 1. The van der Waals surface area contributed by atoms with Crippen molar-refractivity contribution in [2.45, 2.75) is 32.4 Å². The minimum atomic E-state index is 0.106. The standard InChI is InChI=1S/C23H31N5O3/c1-17-12-20(25(2)24-17)23(29)28-7-3-4-19(15-28)27-10-8-26(9-11-27)14-18-5-6-21-22(13-18)31-16-30-21/h5-6,12-13,19H,3-4,7-11,14-16H2,1-2H3. The lowest BCUT2D eigenvalue weighted by molar-refractivity contribution is 0.0401. The van der Waals surface area contributed by atoms with Crippen LogP contribution in [-0.4, -0.2) is 82.5 Å². The van der Waals surface area contributed by atoms with Gasteiger partial charge in [-0.25, -0.2) is 0 Å². The summed E-state index contributed by atoms with van der Waals surface area (Å²) in [6.07, 6.45) is 2.22. The number of hydrogen-bond acceptors (Lipinski definition) is 6. The van der Waals surface area contributed by atoms with Crippen LogP contribution in [0.5, 0.6) is 11.5 Å². The minimum absolute atomic E-state index is 0.106. The van der Waals surface area contributed by atoms with E-state index in [9.17, 15) is 4.79 Å². The zero-order valence-electron chi connectivity index (χ0n) is 18.4. The minimum Gasteiger partial charge on any atom is -0.454 e. The first kappa shape index (κ1) is 20.3. The Hall–Kier alpha value is -2.58. The lowest BCUT2D eigenvalue weighted by atomic mass is 10.0. The first-order valence-electron chi connectivity index (χ1n) is 11.2. The number of hydrogen-bond donors (Lipinski definition) is 0. The first-order chi connectivity index (χ1) is 15.1. The van der Waals surface area contributed by atoms with E-state index in [1.54, 1.807) is 4.68 Å². The molecule has 0 saturated carbocycles. The van der Waals surface area contributed by atoms with Gasteiger partial charge in [-0.2, -0.15) is 5.10 Å². The van der Waals surface area contributed by atoms with Crippen LogP contribution >= 0.6 is 0 Å². The summed E-state index contributed by atoms with van der Waals surface area (Å²) in [6, 6.07) is 8.57. The zero-order chi connectivity index (χ0) is 21.4. The number of aromatic nitrogens is 2. The van der Waals surface area contributed by atoms with E-state index in [0.717, 1.165) is 75.8 Å². The Labute approximate surface area is 183 Å². The molecule has 1 aromatic carbocycles.